The summed E-state index contributed by atoms with van der Waals surface area (Å²) >= 11 is 5.73. The van der Waals surface area contributed by atoms with Crippen LogP contribution < -0.4 is 4.52 Å². The van der Waals surface area contributed by atoms with E-state index in [-0.39, 0.29) is 0 Å². The molecule has 0 aromatic heterocycles. The predicted molar refractivity (Wildman–Crippen MR) is 63.8 cm³/mol. The topological polar surface area (TPSA) is 55.8 Å². The van der Waals surface area contributed by atoms with E-state index in [9.17, 15) is 9.36 Å². The first-order valence-electron chi connectivity index (χ1n) is 4.79. The summed E-state index contributed by atoms with van der Waals surface area (Å²) in [7, 11) is -1.12. The molecule has 0 heterocycles. The van der Waals surface area contributed by atoms with Gasteiger partial charge in [0.25, 0.3) is 0 Å². The number of hydrogen-bond donors (Lipinski definition) is 0. The van der Waals surface area contributed by atoms with E-state index in [0.717, 1.165) is 4.19 Å². The molecule has 0 spiro atoms. The highest BCUT2D eigenvalue weighted by molar-refractivity contribution is 7.38. The van der Waals surface area contributed by atoms with Crippen LogP contribution in [0.4, 0.5) is 0 Å². The van der Waals surface area contributed by atoms with Crippen LogP contribution in [0.1, 0.15) is 6.92 Å². The van der Waals surface area contributed by atoms with Gasteiger partial charge in [-0.3, -0.25) is 4.79 Å². The van der Waals surface area contributed by atoms with Crippen LogP contribution in [0.25, 0.3) is 0 Å². The van der Waals surface area contributed by atoms with Crippen molar-refractivity contribution >= 4 is 25.9 Å². The molecular weight excluding hydrogens is 265 g/mol. The maximum Gasteiger partial charge on any atom is 0.683 e. The number of ether oxygens (including phenoxy) is 1. The van der Waals surface area contributed by atoms with E-state index in [0.29, 0.717) is 5.75 Å². The Hall–Kier alpha value is -1.16. The molecule has 0 amide bonds. The van der Waals surface area contributed by atoms with Crippen LogP contribution in [-0.4, -0.2) is 23.3 Å². The van der Waals surface area contributed by atoms with E-state index in [1.807, 2.05) is 0 Å². The van der Waals surface area contributed by atoms with Crippen LogP contribution in [0.3, 0.4) is 0 Å². The molecular formula is C10H12ClNO4P+. The molecule has 0 fully saturated rings. The number of carbonyl (C=O) groups excluding carboxylic acids is 1. The number of carbonyl (C=O) groups is 1. The highest BCUT2D eigenvalue weighted by atomic mass is 35.5. The standard InChI is InChI=1S/C10H12ClNO4P/c1-8(10(13)15-2)12(11)17(14)16-9-6-4-3-5-7-9/h3-8H,1-2H3/q+1/t8-/m0/s1. The second-order valence-electron chi connectivity index (χ2n) is 3.13. The Balaban J connectivity index is 2.62. The fourth-order valence-electron chi connectivity index (χ4n) is 1.01. The molecule has 1 rings (SSSR count). The van der Waals surface area contributed by atoms with Crippen LogP contribution >= 0.6 is 20.0 Å². The molecule has 0 aliphatic rings. The molecule has 0 bridgehead atoms. The Labute approximate surface area is 105 Å². The summed E-state index contributed by atoms with van der Waals surface area (Å²) in [6.07, 6.45) is 0. The first-order valence-corrected chi connectivity index (χ1v) is 6.26. The van der Waals surface area contributed by atoms with Crippen molar-refractivity contribution in [1.29, 1.82) is 0 Å². The van der Waals surface area contributed by atoms with Gasteiger partial charge in [-0.2, -0.15) is 0 Å². The van der Waals surface area contributed by atoms with Gasteiger partial charge in [-0.1, -0.05) is 18.2 Å². The number of methoxy groups -OCH3 is 1. The third-order valence-corrected chi connectivity index (χ3v) is 3.63. The molecule has 0 saturated carbocycles. The van der Waals surface area contributed by atoms with E-state index < -0.39 is 20.2 Å². The fourth-order valence-corrected chi connectivity index (χ4v) is 1.94. The molecule has 0 aliphatic heterocycles. The van der Waals surface area contributed by atoms with Crippen molar-refractivity contribution in [2.24, 2.45) is 0 Å². The zero-order chi connectivity index (χ0) is 12.8. The second-order valence-corrected chi connectivity index (χ2v) is 4.82. The van der Waals surface area contributed by atoms with Gasteiger partial charge in [0.2, 0.25) is 0 Å². The van der Waals surface area contributed by atoms with Gasteiger partial charge in [-0.05, 0) is 19.1 Å². The smallest absolute Gasteiger partial charge is 0.468 e. The van der Waals surface area contributed by atoms with Gasteiger partial charge < -0.3 is 4.74 Å². The zero-order valence-corrected chi connectivity index (χ0v) is 11.0. The summed E-state index contributed by atoms with van der Waals surface area (Å²) in [4.78, 5) is 11.2. The lowest BCUT2D eigenvalue weighted by atomic mass is 10.3. The van der Waals surface area contributed by atoms with Crippen molar-refractivity contribution in [2.75, 3.05) is 7.11 Å². The molecule has 7 heteroatoms. The van der Waals surface area contributed by atoms with E-state index in [1.54, 1.807) is 30.3 Å². The molecule has 17 heavy (non-hydrogen) atoms. The molecule has 1 unspecified atom stereocenters. The summed E-state index contributed by atoms with van der Waals surface area (Å²) in [5, 5.41) is 0. The number of esters is 1. The van der Waals surface area contributed by atoms with Gasteiger partial charge in [-0.25, -0.2) is 4.52 Å². The van der Waals surface area contributed by atoms with Crippen LogP contribution in [0.5, 0.6) is 5.75 Å². The summed E-state index contributed by atoms with van der Waals surface area (Å²) < 4.78 is 22.1. The Morgan fingerprint density at radius 1 is 1.41 bits per heavy atom. The van der Waals surface area contributed by atoms with Crippen molar-refractivity contribution in [3.63, 3.8) is 0 Å². The van der Waals surface area contributed by atoms with E-state index in [1.165, 1.54) is 14.0 Å². The average molecular weight is 277 g/mol. The molecule has 1 aromatic rings. The molecule has 0 radical (unpaired) electrons. The summed E-state index contributed by atoms with van der Waals surface area (Å²) in [6.45, 7) is 1.47. The lowest BCUT2D eigenvalue weighted by Gasteiger charge is -2.08. The summed E-state index contributed by atoms with van der Waals surface area (Å²) in [6, 6.07) is 7.70. The monoisotopic (exact) mass is 276 g/mol. The summed E-state index contributed by atoms with van der Waals surface area (Å²) in [5.41, 5.74) is 0. The van der Waals surface area contributed by atoms with Crippen molar-refractivity contribution < 1.29 is 18.6 Å². The largest absolute Gasteiger partial charge is 0.683 e. The SMILES string of the molecule is COC(=O)[C@H](C)N(Cl)[P+](=O)Oc1ccccc1. The minimum Gasteiger partial charge on any atom is -0.468 e. The van der Waals surface area contributed by atoms with E-state index in [2.05, 4.69) is 4.74 Å². The predicted octanol–water partition coefficient (Wildman–Crippen LogP) is 2.74. The highest BCUT2D eigenvalue weighted by Gasteiger charge is 2.39. The molecule has 2 atom stereocenters. The molecule has 5 nitrogen and oxygen atoms in total. The number of nitrogens with zero attached hydrogens (tertiary/aromatic N) is 1. The van der Waals surface area contributed by atoms with Crippen LogP contribution in [0.2, 0.25) is 0 Å². The zero-order valence-electron chi connectivity index (χ0n) is 9.37. The first kappa shape index (κ1) is 13.9. The summed E-state index contributed by atoms with van der Waals surface area (Å²) in [5.74, 6) is -0.170. The quantitative estimate of drug-likeness (QED) is 0.470. The third-order valence-electron chi connectivity index (χ3n) is 1.94. The Kier molecular flexibility index (Phi) is 5.35. The molecule has 0 aliphatic carbocycles. The number of hydrogen-bond acceptors (Lipinski definition) is 4. The fraction of sp³-hybridized carbons (Fsp3) is 0.300. The normalized spacial score (nSPS) is 13.1. The van der Waals surface area contributed by atoms with Crippen molar-refractivity contribution in [1.82, 2.24) is 4.19 Å². The van der Waals surface area contributed by atoms with Crippen LogP contribution in [0, 0.1) is 0 Å². The van der Waals surface area contributed by atoms with E-state index >= 15 is 0 Å². The number of rotatable bonds is 5. The molecule has 0 saturated heterocycles. The Bertz CT molecular complexity index is 401. The Morgan fingerprint density at radius 3 is 2.53 bits per heavy atom. The third kappa shape index (κ3) is 3.97. The minimum absolute atomic E-state index is 0.413. The van der Waals surface area contributed by atoms with Gasteiger partial charge in [-0.15, -0.1) is 0 Å². The van der Waals surface area contributed by atoms with Crippen LogP contribution in [-0.2, 0) is 14.1 Å². The van der Waals surface area contributed by atoms with Gasteiger partial charge >= 0.3 is 14.1 Å². The van der Waals surface area contributed by atoms with E-state index in [4.69, 9.17) is 16.3 Å². The maximum absolute atomic E-state index is 11.7. The van der Waals surface area contributed by atoms with Gasteiger partial charge in [0.1, 0.15) is 0 Å². The highest BCUT2D eigenvalue weighted by Crippen LogP contribution is 2.34. The van der Waals surface area contributed by atoms with Gasteiger partial charge in [0, 0.05) is 20.5 Å². The number of benzene rings is 1. The lowest BCUT2D eigenvalue weighted by molar-refractivity contribution is -0.143. The maximum atomic E-state index is 11.7. The Morgan fingerprint density at radius 2 is 2.00 bits per heavy atom. The minimum atomic E-state index is -2.35. The first-order chi connectivity index (χ1) is 8.06. The molecule has 92 valence electrons. The molecule has 1 aromatic carbocycles. The van der Waals surface area contributed by atoms with Gasteiger partial charge in [0.05, 0.1) is 7.11 Å². The lowest BCUT2D eigenvalue weighted by Crippen LogP contribution is -2.29. The average Bonchev–Trinajstić information content (AvgIpc) is 2.37. The van der Waals surface area contributed by atoms with Crippen molar-refractivity contribution in [3.8, 4) is 5.75 Å². The van der Waals surface area contributed by atoms with Gasteiger partial charge in [0.15, 0.2) is 11.8 Å². The van der Waals surface area contributed by atoms with Crippen molar-refractivity contribution in [2.45, 2.75) is 13.0 Å². The second kappa shape index (κ2) is 6.55. The molecule has 0 N–H and O–H groups in total. The number of para-hydroxylation sites is 1. The number of halogens is 1. The van der Waals surface area contributed by atoms with Crippen LogP contribution in [0.15, 0.2) is 30.3 Å². The van der Waals surface area contributed by atoms with Crippen molar-refractivity contribution in [3.05, 3.63) is 30.3 Å².